The van der Waals surface area contributed by atoms with Gasteiger partial charge in [-0.2, -0.15) is 5.10 Å². The second-order valence-electron chi connectivity index (χ2n) is 5.88. The summed E-state index contributed by atoms with van der Waals surface area (Å²) in [5.74, 6) is -1.23. The van der Waals surface area contributed by atoms with Crippen LogP contribution in [0, 0.1) is 5.82 Å². The van der Waals surface area contributed by atoms with Crippen molar-refractivity contribution in [2.75, 3.05) is 24.7 Å². The normalized spacial score (nSPS) is 19.6. The van der Waals surface area contributed by atoms with Crippen LogP contribution in [0.25, 0.3) is 0 Å². The molecule has 25 heavy (non-hydrogen) atoms. The summed E-state index contributed by atoms with van der Waals surface area (Å²) >= 11 is 0. The summed E-state index contributed by atoms with van der Waals surface area (Å²) in [4.78, 5) is 14.0. The first-order chi connectivity index (χ1) is 11.9. The van der Waals surface area contributed by atoms with Crippen molar-refractivity contribution in [3.8, 4) is 5.75 Å². The molecule has 3 rings (SSSR count). The number of benzene rings is 1. The molecule has 1 amide bonds. The van der Waals surface area contributed by atoms with Crippen molar-refractivity contribution in [2.24, 2.45) is 7.05 Å². The highest BCUT2D eigenvalue weighted by Gasteiger charge is 2.35. The van der Waals surface area contributed by atoms with Crippen LogP contribution in [0.15, 0.2) is 36.7 Å². The van der Waals surface area contributed by atoms with E-state index in [0.717, 1.165) is 0 Å². The largest absolute Gasteiger partial charge is 0.481 e. The number of carbonyl (C=O) groups excluding carboxylic acids is 1. The van der Waals surface area contributed by atoms with Crippen molar-refractivity contribution < 1.29 is 22.3 Å². The second kappa shape index (κ2) is 6.83. The zero-order valence-electron chi connectivity index (χ0n) is 13.6. The lowest BCUT2D eigenvalue weighted by Crippen LogP contribution is -2.47. The van der Waals surface area contributed by atoms with E-state index in [4.69, 9.17) is 4.74 Å². The van der Waals surface area contributed by atoms with Crippen molar-refractivity contribution in [3.05, 3.63) is 48.0 Å². The van der Waals surface area contributed by atoms with Gasteiger partial charge in [0.1, 0.15) is 0 Å². The Balaban J connectivity index is 1.76. The van der Waals surface area contributed by atoms with Crippen LogP contribution < -0.4 is 4.74 Å². The lowest BCUT2D eigenvalue weighted by molar-refractivity contribution is -0.135. The lowest BCUT2D eigenvalue weighted by atomic mass is 10.1. The van der Waals surface area contributed by atoms with E-state index in [9.17, 15) is 17.6 Å². The van der Waals surface area contributed by atoms with Gasteiger partial charge in [0.15, 0.2) is 28.0 Å². The van der Waals surface area contributed by atoms with Crippen LogP contribution in [0.4, 0.5) is 4.39 Å². The van der Waals surface area contributed by atoms with Crippen LogP contribution >= 0.6 is 0 Å². The summed E-state index contributed by atoms with van der Waals surface area (Å²) in [6.07, 6.45) is 3.23. The summed E-state index contributed by atoms with van der Waals surface area (Å²) < 4.78 is 44.4. The summed E-state index contributed by atoms with van der Waals surface area (Å²) in [6.45, 7) is -0.293. The molecule has 7 nitrogen and oxygen atoms in total. The molecule has 1 aliphatic heterocycles. The molecule has 1 aromatic carbocycles. The smallest absolute Gasteiger partial charge is 0.261 e. The first-order valence-electron chi connectivity index (χ1n) is 7.71. The molecule has 9 heteroatoms. The number of sulfone groups is 1. The highest BCUT2D eigenvalue weighted by molar-refractivity contribution is 7.91. The molecule has 0 saturated carbocycles. The van der Waals surface area contributed by atoms with Gasteiger partial charge in [0.05, 0.1) is 23.7 Å². The molecule has 0 N–H and O–H groups in total. The van der Waals surface area contributed by atoms with E-state index in [1.54, 1.807) is 30.2 Å². The zero-order chi connectivity index (χ0) is 18.0. The van der Waals surface area contributed by atoms with Crippen LogP contribution in [0.1, 0.15) is 11.6 Å². The highest BCUT2D eigenvalue weighted by Crippen LogP contribution is 2.27. The highest BCUT2D eigenvalue weighted by atomic mass is 32.2. The third-order valence-corrected chi connectivity index (χ3v) is 5.68. The molecular formula is C16H18FN3O4S. The number of para-hydroxylation sites is 1. The minimum Gasteiger partial charge on any atom is -0.481 e. The van der Waals surface area contributed by atoms with E-state index in [1.165, 1.54) is 23.1 Å². The molecule has 2 aromatic rings. The predicted octanol–water partition coefficient (Wildman–Crippen LogP) is 0.936. The number of halogens is 1. The van der Waals surface area contributed by atoms with Crippen molar-refractivity contribution in [3.63, 3.8) is 0 Å². The Labute approximate surface area is 144 Å². The molecule has 1 saturated heterocycles. The zero-order valence-corrected chi connectivity index (χ0v) is 14.4. The SMILES string of the molecule is Cn1cc([C@H]2CS(=O)(=O)CCN2C(=O)COc2ccccc2F)cn1. The third kappa shape index (κ3) is 3.98. The second-order valence-corrected chi connectivity index (χ2v) is 8.11. The fourth-order valence-electron chi connectivity index (χ4n) is 2.78. The van der Waals surface area contributed by atoms with E-state index in [0.29, 0.717) is 5.56 Å². The number of amides is 1. The number of rotatable bonds is 4. The van der Waals surface area contributed by atoms with Gasteiger partial charge in [-0.1, -0.05) is 12.1 Å². The van der Waals surface area contributed by atoms with Crippen molar-refractivity contribution in [1.82, 2.24) is 14.7 Å². The molecular weight excluding hydrogens is 349 g/mol. The number of hydrogen-bond donors (Lipinski definition) is 0. The number of aryl methyl sites for hydroxylation is 1. The van der Waals surface area contributed by atoms with Gasteiger partial charge in [-0.05, 0) is 12.1 Å². The Morgan fingerprint density at radius 3 is 2.84 bits per heavy atom. The summed E-state index contributed by atoms with van der Waals surface area (Å²) in [5, 5.41) is 4.04. The third-order valence-electron chi connectivity index (χ3n) is 4.05. The van der Waals surface area contributed by atoms with Gasteiger partial charge >= 0.3 is 0 Å². The average molecular weight is 367 g/mol. The van der Waals surface area contributed by atoms with Gasteiger partial charge in [-0.15, -0.1) is 0 Å². The monoisotopic (exact) mass is 367 g/mol. The van der Waals surface area contributed by atoms with Crippen LogP contribution in [0.5, 0.6) is 5.75 Å². The van der Waals surface area contributed by atoms with Crippen LogP contribution in [0.2, 0.25) is 0 Å². The fraction of sp³-hybridized carbons (Fsp3) is 0.375. The maximum absolute atomic E-state index is 13.6. The molecule has 0 aliphatic carbocycles. The lowest BCUT2D eigenvalue weighted by Gasteiger charge is -2.34. The Morgan fingerprint density at radius 1 is 1.40 bits per heavy atom. The summed E-state index contributed by atoms with van der Waals surface area (Å²) in [6, 6.07) is 5.18. The Hall–Kier alpha value is -2.42. The van der Waals surface area contributed by atoms with Gasteiger partial charge < -0.3 is 9.64 Å². The number of nitrogens with zero attached hydrogens (tertiary/aromatic N) is 3. The van der Waals surface area contributed by atoms with E-state index < -0.39 is 27.6 Å². The molecule has 2 heterocycles. The van der Waals surface area contributed by atoms with E-state index in [1.807, 2.05) is 0 Å². The molecule has 1 fully saturated rings. The van der Waals surface area contributed by atoms with Crippen molar-refractivity contribution >= 4 is 15.7 Å². The van der Waals surface area contributed by atoms with E-state index in [-0.39, 0.29) is 30.4 Å². The maximum Gasteiger partial charge on any atom is 0.261 e. The molecule has 0 radical (unpaired) electrons. The number of carbonyl (C=O) groups is 1. The average Bonchev–Trinajstić information content (AvgIpc) is 2.99. The molecule has 1 aromatic heterocycles. The summed E-state index contributed by atoms with van der Waals surface area (Å²) in [7, 11) is -1.53. The van der Waals surface area contributed by atoms with E-state index >= 15 is 0 Å². The van der Waals surface area contributed by atoms with Crippen LogP contribution in [0.3, 0.4) is 0 Å². The molecule has 1 aliphatic rings. The van der Waals surface area contributed by atoms with Gasteiger partial charge in [0, 0.05) is 25.4 Å². The maximum atomic E-state index is 13.6. The van der Waals surface area contributed by atoms with Crippen molar-refractivity contribution in [2.45, 2.75) is 6.04 Å². The molecule has 0 unspecified atom stereocenters. The summed E-state index contributed by atoms with van der Waals surface area (Å²) in [5.41, 5.74) is 0.644. The first-order valence-corrected chi connectivity index (χ1v) is 9.53. The van der Waals surface area contributed by atoms with Crippen LogP contribution in [-0.2, 0) is 21.7 Å². The Bertz CT molecular complexity index is 881. The van der Waals surface area contributed by atoms with Gasteiger partial charge in [0.2, 0.25) is 0 Å². The standard InChI is InChI=1S/C16H18FN3O4S/c1-19-9-12(8-18-19)14-11-25(22,23)7-6-20(14)16(21)10-24-15-5-3-2-4-13(15)17/h2-5,8-9,14H,6-7,10-11H2,1H3/t14-/m1/s1. The minimum atomic E-state index is -3.24. The molecule has 0 bridgehead atoms. The van der Waals surface area contributed by atoms with Crippen LogP contribution in [-0.4, -0.2) is 53.7 Å². The fourth-order valence-corrected chi connectivity index (χ4v) is 4.27. The first kappa shape index (κ1) is 17.4. The number of hydrogen-bond acceptors (Lipinski definition) is 5. The molecule has 0 spiro atoms. The Kier molecular flexibility index (Phi) is 4.76. The van der Waals surface area contributed by atoms with E-state index in [2.05, 4.69) is 5.10 Å². The number of aromatic nitrogens is 2. The minimum absolute atomic E-state index is 0.0154. The van der Waals surface area contributed by atoms with Gasteiger partial charge in [0.25, 0.3) is 5.91 Å². The van der Waals surface area contributed by atoms with Gasteiger partial charge in [-0.3, -0.25) is 9.48 Å². The van der Waals surface area contributed by atoms with Gasteiger partial charge in [-0.25, -0.2) is 12.8 Å². The molecule has 1 atom stereocenters. The van der Waals surface area contributed by atoms with Crippen molar-refractivity contribution in [1.29, 1.82) is 0 Å². The predicted molar refractivity (Wildman–Crippen MR) is 88.2 cm³/mol. The Morgan fingerprint density at radius 2 is 2.16 bits per heavy atom. The topological polar surface area (TPSA) is 81.5 Å². The quantitative estimate of drug-likeness (QED) is 0.803. The number of ether oxygens (including phenoxy) is 1. The molecule has 134 valence electrons.